The van der Waals surface area contributed by atoms with Gasteiger partial charge in [0.05, 0.1) is 12.5 Å². The predicted molar refractivity (Wildman–Crippen MR) is 97.0 cm³/mol. The molecular weight excluding hydrogens is 300 g/mol. The normalized spacial score (nSPS) is 24.7. The first-order valence-electron chi connectivity index (χ1n) is 9.49. The van der Waals surface area contributed by atoms with Crippen LogP contribution in [0.25, 0.3) is 0 Å². The first-order valence-corrected chi connectivity index (χ1v) is 9.49. The third-order valence-electron chi connectivity index (χ3n) is 5.28. The molecule has 1 heterocycles. The predicted octanol–water partition coefficient (Wildman–Crippen LogP) is 3.82. The Labute approximate surface area is 145 Å². The van der Waals surface area contributed by atoms with Crippen molar-refractivity contribution in [2.75, 3.05) is 25.0 Å². The Kier molecular flexibility index (Phi) is 6.13. The summed E-state index contributed by atoms with van der Waals surface area (Å²) < 4.78 is 5.14. The van der Waals surface area contributed by atoms with E-state index in [9.17, 15) is 4.79 Å². The number of hydrogen-bond donors (Lipinski definition) is 1. The van der Waals surface area contributed by atoms with Crippen molar-refractivity contribution < 1.29 is 9.53 Å². The molecule has 0 spiro atoms. The van der Waals surface area contributed by atoms with Gasteiger partial charge in [-0.25, -0.2) is 0 Å². The maximum atomic E-state index is 11.8. The number of benzene rings is 1. The molecule has 1 aromatic rings. The minimum atomic E-state index is -0.0118. The van der Waals surface area contributed by atoms with Crippen molar-refractivity contribution in [1.29, 1.82) is 0 Å². The number of rotatable bonds is 6. The Morgan fingerprint density at radius 1 is 1.12 bits per heavy atom. The maximum Gasteiger partial charge on any atom is 0.308 e. The van der Waals surface area contributed by atoms with Crippen LogP contribution in [0.4, 0.5) is 5.69 Å². The van der Waals surface area contributed by atoms with Crippen LogP contribution in [0.5, 0.6) is 0 Å². The molecule has 2 fully saturated rings. The van der Waals surface area contributed by atoms with Crippen LogP contribution in [0.15, 0.2) is 24.3 Å². The monoisotopic (exact) mass is 330 g/mol. The minimum Gasteiger partial charge on any atom is -0.466 e. The van der Waals surface area contributed by atoms with Crippen molar-refractivity contribution >= 4 is 11.7 Å². The Bertz CT molecular complexity index is 515. The zero-order valence-corrected chi connectivity index (χ0v) is 14.8. The van der Waals surface area contributed by atoms with E-state index in [2.05, 4.69) is 34.5 Å². The number of likely N-dealkylation sites (tertiary alicyclic amines) is 1. The zero-order chi connectivity index (χ0) is 16.8. The molecule has 1 saturated carbocycles. The van der Waals surface area contributed by atoms with Crippen LogP contribution in [-0.2, 0) is 16.1 Å². The van der Waals surface area contributed by atoms with Crippen molar-refractivity contribution in [1.82, 2.24) is 4.90 Å². The van der Waals surface area contributed by atoms with Crippen LogP contribution in [0.3, 0.4) is 0 Å². The summed E-state index contributed by atoms with van der Waals surface area (Å²) in [6, 6.07) is 9.35. The van der Waals surface area contributed by atoms with Crippen LogP contribution in [0.1, 0.15) is 51.0 Å². The third kappa shape index (κ3) is 4.73. The van der Waals surface area contributed by atoms with Gasteiger partial charge in [0.1, 0.15) is 0 Å². The van der Waals surface area contributed by atoms with E-state index < -0.39 is 0 Å². The van der Waals surface area contributed by atoms with Crippen LogP contribution < -0.4 is 5.32 Å². The molecule has 1 aliphatic heterocycles. The molecule has 1 aliphatic carbocycles. The molecule has 4 nitrogen and oxygen atoms in total. The second-order valence-corrected chi connectivity index (χ2v) is 7.13. The number of carbonyl (C=O) groups is 1. The number of nitrogens with one attached hydrogen (secondary N) is 1. The molecule has 0 unspecified atom stereocenters. The lowest BCUT2D eigenvalue weighted by atomic mass is 9.86. The van der Waals surface area contributed by atoms with E-state index in [4.69, 9.17) is 4.74 Å². The summed E-state index contributed by atoms with van der Waals surface area (Å²) in [5.41, 5.74) is 2.59. The Balaban J connectivity index is 1.44. The Hall–Kier alpha value is -1.55. The Morgan fingerprint density at radius 2 is 1.79 bits per heavy atom. The molecule has 4 heteroatoms. The van der Waals surface area contributed by atoms with Crippen LogP contribution in [0.2, 0.25) is 0 Å². The van der Waals surface area contributed by atoms with Gasteiger partial charge < -0.3 is 10.1 Å². The van der Waals surface area contributed by atoms with Gasteiger partial charge in [-0.3, -0.25) is 9.69 Å². The largest absolute Gasteiger partial charge is 0.466 e. The van der Waals surface area contributed by atoms with E-state index in [0.717, 1.165) is 32.2 Å². The van der Waals surface area contributed by atoms with Gasteiger partial charge in [0.2, 0.25) is 0 Å². The average Bonchev–Trinajstić information content (AvgIpc) is 3.10. The van der Waals surface area contributed by atoms with Gasteiger partial charge in [-0.15, -0.1) is 0 Å². The van der Waals surface area contributed by atoms with Crippen LogP contribution in [-0.4, -0.2) is 36.6 Å². The molecule has 1 saturated heterocycles. The number of nitrogens with zero attached hydrogens (tertiary/aromatic N) is 1. The van der Waals surface area contributed by atoms with E-state index in [0.29, 0.717) is 12.6 Å². The molecule has 24 heavy (non-hydrogen) atoms. The summed E-state index contributed by atoms with van der Waals surface area (Å²) in [6.45, 7) is 5.91. The smallest absolute Gasteiger partial charge is 0.308 e. The summed E-state index contributed by atoms with van der Waals surface area (Å²) in [4.78, 5) is 14.3. The van der Waals surface area contributed by atoms with Gasteiger partial charge in [-0.05, 0) is 76.2 Å². The second-order valence-electron chi connectivity index (χ2n) is 7.13. The topological polar surface area (TPSA) is 41.6 Å². The molecule has 3 rings (SSSR count). The average molecular weight is 330 g/mol. The second kappa shape index (κ2) is 8.52. The minimum absolute atomic E-state index is 0.0118. The van der Waals surface area contributed by atoms with E-state index in [1.54, 1.807) is 0 Å². The van der Waals surface area contributed by atoms with Crippen molar-refractivity contribution in [3.63, 3.8) is 0 Å². The van der Waals surface area contributed by atoms with E-state index >= 15 is 0 Å². The molecule has 0 bridgehead atoms. The van der Waals surface area contributed by atoms with Gasteiger partial charge in [0.15, 0.2) is 0 Å². The van der Waals surface area contributed by atoms with Crippen molar-refractivity contribution in [2.24, 2.45) is 5.92 Å². The van der Waals surface area contributed by atoms with E-state index in [1.165, 1.54) is 37.2 Å². The number of carbonyl (C=O) groups excluding carboxylic acids is 1. The van der Waals surface area contributed by atoms with Gasteiger partial charge in [-0.2, -0.15) is 0 Å². The third-order valence-corrected chi connectivity index (χ3v) is 5.28. The molecule has 0 amide bonds. The standard InChI is InChI=1S/C20H30N2O2/c1-2-24-20(23)17-7-11-19(12-8-17)21-18-9-5-16(6-10-18)15-22-13-3-4-14-22/h5-6,9-10,17,19,21H,2-4,7-8,11-15H2,1H3. The SMILES string of the molecule is CCOC(=O)C1CCC(Nc2ccc(CN3CCCC3)cc2)CC1. The molecule has 1 N–H and O–H groups in total. The number of esters is 1. The zero-order valence-electron chi connectivity index (χ0n) is 14.8. The van der Waals surface area contributed by atoms with Gasteiger partial charge in [0, 0.05) is 18.3 Å². The molecule has 2 aliphatic rings. The summed E-state index contributed by atoms with van der Waals surface area (Å²) in [7, 11) is 0. The molecular formula is C20H30N2O2. The fourth-order valence-corrected chi connectivity index (χ4v) is 3.87. The highest BCUT2D eigenvalue weighted by Gasteiger charge is 2.27. The Morgan fingerprint density at radius 3 is 2.42 bits per heavy atom. The molecule has 0 aromatic heterocycles. The van der Waals surface area contributed by atoms with Gasteiger partial charge in [-0.1, -0.05) is 12.1 Å². The number of hydrogen-bond acceptors (Lipinski definition) is 4. The van der Waals surface area contributed by atoms with Crippen LogP contribution >= 0.6 is 0 Å². The molecule has 132 valence electrons. The molecule has 0 radical (unpaired) electrons. The highest BCUT2D eigenvalue weighted by molar-refractivity contribution is 5.72. The maximum absolute atomic E-state index is 11.8. The van der Waals surface area contributed by atoms with Crippen molar-refractivity contribution in [3.8, 4) is 0 Å². The summed E-state index contributed by atoms with van der Waals surface area (Å²) in [5.74, 6) is 0.0908. The van der Waals surface area contributed by atoms with E-state index in [-0.39, 0.29) is 11.9 Å². The lowest BCUT2D eigenvalue weighted by Gasteiger charge is -2.28. The number of anilines is 1. The summed E-state index contributed by atoms with van der Waals surface area (Å²) in [6.07, 6.45) is 6.63. The van der Waals surface area contributed by atoms with Gasteiger partial charge >= 0.3 is 5.97 Å². The molecule has 0 atom stereocenters. The highest BCUT2D eigenvalue weighted by Crippen LogP contribution is 2.27. The quantitative estimate of drug-likeness (QED) is 0.805. The lowest BCUT2D eigenvalue weighted by Crippen LogP contribution is -2.30. The van der Waals surface area contributed by atoms with E-state index in [1.807, 2.05) is 6.92 Å². The highest BCUT2D eigenvalue weighted by atomic mass is 16.5. The first-order chi connectivity index (χ1) is 11.7. The first kappa shape index (κ1) is 17.3. The van der Waals surface area contributed by atoms with Crippen molar-refractivity contribution in [2.45, 2.75) is 58.0 Å². The van der Waals surface area contributed by atoms with Crippen LogP contribution in [0, 0.1) is 5.92 Å². The fraction of sp³-hybridized carbons (Fsp3) is 0.650. The number of ether oxygens (including phenoxy) is 1. The van der Waals surface area contributed by atoms with Crippen molar-refractivity contribution in [3.05, 3.63) is 29.8 Å². The lowest BCUT2D eigenvalue weighted by molar-refractivity contribution is -0.149. The van der Waals surface area contributed by atoms with Gasteiger partial charge in [0.25, 0.3) is 0 Å². The summed E-state index contributed by atoms with van der Waals surface area (Å²) in [5, 5.41) is 3.63. The fourth-order valence-electron chi connectivity index (χ4n) is 3.87. The molecule has 1 aromatic carbocycles. The summed E-state index contributed by atoms with van der Waals surface area (Å²) >= 11 is 0.